The van der Waals surface area contributed by atoms with E-state index >= 15 is 0 Å². The third-order valence-corrected chi connectivity index (χ3v) is 2.85. The summed E-state index contributed by atoms with van der Waals surface area (Å²) in [5.74, 6) is 0.590. The largest absolute Gasteiger partial charge is 0.435 e. The zero-order valence-corrected chi connectivity index (χ0v) is 8.12. The fraction of sp³-hybridized carbons (Fsp3) is 0.750. The van der Waals surface area contributed by atoms with Crippen molar-refractivity contribution in [3.8, 4) is 0 Å². The Hall–Kier alpha value is -0.270. The van der Waals surface area contributed by atoms with E-state index in [0.29, 0.717) is 12.5 Å². The van der Waals surface area contributed by atoms with E-state index in [1.165, 1.54) is 25.7 Å². The molecule has 0 heterocycles. The summed E-state index contributed by atoms with van der Waals surface area (Å²) < 4.78 is 20.5. The van der Waals surface area contributed by atoms with Gasteiger partial charge in [-0.1, -0.05) is 19.4 Å². The van der Waals surface area contributed by atoms with Crippen molar-refractivity contribution < 1.29 is 13.6 Å². The van der Waals surface area contributed by atoms with E-state index in [9.17, 15) is 4.57 Å². The van der Waals surface area contributed by atoms with Gasteiger partial charge in [-0.25, -0.2) is 4.57 Å². The van der Waals surface area contributed by atoms with E-state index in [0.717, 1.165) is 6.26 Å². The number of hydrogen-bond acceptors (Lipinski definition) is 3. The molecule has 0 aromatic carbocycles. The molecule has 1 atom stereocenters. The molecular weight excluding hydrogens is 175 g/mol. The Labute approximate surface area is 73.7 Å². The molecule has 1 aliphatic rings. The summed E-state index contributed by atoms with van der Waals surface area (Å²) in [5, 5.41) is 0. The van der Waals surface area contributed by atoms with Crippen LogP contribution in [0.15, 0.2) is 12.8 Å². The van der Waals surface area contributed by atoms with Gasteiger partial charge in [-0.3, -0.25) is 0 Å². The van der Waals surface area contributed by atoms with Crippen LogP contribution in [0.25, 0.3) is 0 Å². The first-order chi connectivity index (χ1) is 5.83. The molecule has 0 saturated heterocycles. The lowest BCUT2D eigenvalue weighted by molar-refractivity contribution is 0.227. The van der Waals surface area contributed by atoms with Gasteiger partial charge >= 0.3 is 8.25 Å². The molecule has 0 amide bonds. The van der Waals surface area contributed by atoms with E-state index in [2.05, 4.69) is 11.1 Å². The molecule has 3 nitrogen and oxygen atoms in total. The van der Waals surface area contributed by atoms with Gasteiger partial charge < -0.3 is 9.05 Å². The molecule has 0 aromatic heterocycles. The first-order valence-corrected chi connectivity index (χ1v) is 5.49. The minimum atomic E-state index is -2.30. The Morgan fingerprint density at radius 1 is 1.50 bits per heavy atom. The molecule has 0 aromatic rings. The molecule has 4 heteroatoms. The highest BCUT2D eigenvalue weighted by Gasteiger charge is 2.15. The van der Waals surface area contributed by atoms with Gasteiger partial charge in [0.05, 0.1) is 12.9 Å². The predicted octanol–water partition coefficient (Wildman–Crippen LogP) is 2.74. The first-order valence-electron chi connectivity index (χ1n) is 4.27. The minimum Gasteiger partial charge on any atom is -0.435 e. The van der Waals surface area contributed by atoms with Gasteiger partial charge in [-0.05, 0) is 18.8 Å². The van der Waals surface area contributed by atoms with Crippen molar-refractivity contribution >= 4 is 8.25 Å². The van der Waals surface area contributed by atoms with Crippen molar-refractivity contribution in [2.24, 2.45) is 5.92 Å². The molecule has 1 saturated carbocycles. The van der Waals surface area contributed by atoms with E-state index in [-0.39, 0.29) is 0 Å². The summed E-state index contributed by atoms with van der Waals surface area (Å²) in [5.41, 5.74) is 0. The standard InChI is InChI=1S/C8H15O3P/c1-2-10-12(9)11-7-8-5-3-4-6-8/h2,8,12H,1,3-7H2. The van der Waals surface area contributed by atoms with Crippen LogP contribution in [-0.2, 0) is 13.6 Å². The summed E-state index contributed by atoms with van der Waals surface area (Å²) in [7, 11) is -2.30. The van der Waals surface area contributed by atoms with Crippen LogP contribution >= 0.6 is 8.25 Å². The summed E-state index contributed by atoms with van der Waals surface area (Å²) in [4.78, 5) is 0. The second-order valence-electron chi connectivity index (χ2n) is 3.00. The van der Waals surface area contributed by atoms with Gasteiger partial charge in [0.2, 0.25) is 0 Å². The maximum absolute atomic E-state index is 10.9. The Bertz CT molecular complexity index is 164. The smallest absolute Gasteiger partial charge is 0.367 e. The van der Waals surface area contributed by atoms with Gasteiger partial charge in [0.15, 0.2) is 0 Å². The first kappa shape index (κ1) is 9.82. The summed E-state index contributed by atoms with van der Waals surface area (Å²) in [6.45, 7) is 3.88. The fourth-order valence-electron chi connectivity index (χ4n) is 1.46. The van der Waals surface area contributed by atoms with Crippen molar-refractivity contribution in [2.45, 2.75) is 25.7 Å². The van der Waals surface area contributed by atoms with Gasteiger partial charge in [-0.2, -0.15) is 0 Å². The molecule has 70 valence electrons. The third-order valence-electron chi connectivity index (χ3n) is 2.09. The van der Waals surface area contributed by atoms with E-state index in [1.54, 1.807) is 0 Å². The lowest BCUT2D eigenvalue weighted by atomic mass is 10.1. The second-order valence-corrected chi connectivity index (χ2v) is 4.02. The lowest BCUT2D eigenvalue weighted by Gasteiger charge is -2.08. The average Bonchev–Trinajstić information content (AvgIpc) is 2.53. The summed E-state index contributed by atoms with van der Waals surface area (Å²) in [6.07, 6.45) is 6.11. The summed E-state index contributed by atoms with van der Waals surface area (Å²) >= 11 is 0. The van der Waals surface area contributed by atoms with Crippen LogP contribution in [-0.4, -0.2) is 6.61 Å². The topological polar surface area (TPSA) is 35.5 Å². The molecule has 0 spiro atoms. The number of hydrogen-bond donors (Lipinski definition) is 0. The Morgan fingerprint density at radius 3 is 2.75 bits per heavy atom. The molecule has 12 heavy (non-hydrogen) atoms. The molecule has 1 rings (SSSR count). The molecule has 1 unspecified atom stereocenters. The molecule has 0 N–H and O–H groups in total. The molecule has 0 bridgehead atoms. The highest BCUT2D eigenvalue weighted by Crippen LogP contribution is 2.30. The van der Waals surface area contributed by atoms with E-state index in [4.69, 9.17) is 4.52 Å². The normalized spacial score (nSPS) is 20.7. The Balaban J connectivity index is 2.07. The monoisotopic (exact) mass is 190 g/mol. The molecule has 1 fully saturated rings. The van der Waals surface area contributed by atoms with Crippen LogP contribution in [0.3, 0.4) is 0 Å². The maximum atomic E-state index is 10.9. The Morgan fingerprint density at radius 2 is 2.17 bits per heavy atom. The lowest BCUT2D eigenvalue weighted by Crippen LogP contribution is -2.00. The van der Waals surface area contributed by atoms with Crippen LogP contribution in [0.2, 0.25) is 0 Å². The fourth-order valence-corrected chi connectivity index (χ4v) is 2.04. The van der Waals surface area contributed by atoms with Gasteiger partial charge in [0.25, 0.3) is 0 Å². The van der Waals surface area contributed by atoms with Crippen molar-refractivity contribution in [3.05, 3.63) is 12.8 Å². The molecule has 0 aliphatic heterocycles. The average molecular weight is 190 g/mol. The van der Waals surface area contributed by atoms with Crippen LogP contribution < -0.4 is 0 Å². The van der Waals surface area contributed by atoms with Crippen molar-refractivity contribution in [1.82, 2.24) is 0 Å². The van der Waals surface area contributed by atoms with E-state index < -0.39 is 8.25 Å². The molecular formula is C8H15O3P. The minimum absolute atomic E-state index is 0.575. The van der Waals surface area contributed by atoms with Crippen LogP contribution in [0.4, 0.5) is 0 Å². The molecule has 0 radical (unpaired) electrons. The van der Waals surface area contributed by atoms with Crippen molar-refractivity contribution in [2.75, 3.05) is 6.61 Å². The quantitative estimate of drug-likeness (QED) is 0.494. The van der Waals surface area contributed by atoms with Crippen LogP contribution in [0, 0.1) is 5.92 Å². The van der Waals surface area contributed by atoms with Gasteiger partial charge in [-0.15, -0.1) is 0 Å². The van der Waals surface area contributed by atoms with Gasteiger partial charge in [0, 0.05) is 0 Å². The Kier molecular flexibility index (Phi) is 4.41. The zero-order valence-electron chi connectivity index (χ0n) is 7.12. The maximum Gasteiger partial charge on any atom is 0.367 e. The second kappa shape index (κ2) is 5.39. The van der Waals surface area contributed by atoms with Crippen LogP contribution in [0.1, 0.15) is 25.7 Å². The molecule has 1 aliphatic carbocycles. The van der Waals surface area contributed by atoms with Crippen molar-refractivity contribution in [1.29, 1.82) is 0 Å². The highest BCUT2D eigenvalue weighted by atomic mass is 31.1. The van der Waals surface area contributed by atoms with Gasteiger partial charge in [0.1, 0.15) is 0 Å². The highest BCUT2D eigenvalue weighted by molar-refractivity contribution is 7.33. The third kappa shape index (κ3) is 3.42. The van der Waals surface area contributed by atoms with Crippen LogP contribution in [0.5, 0.6) is 0 Å². The summed E-state index contributed by atoms with van der Waals surface area (Å²) in [6, 6.07) is 0. The van der Waals surface area contributed by atoms with Crippen molar-refractivity contribution in [3.63, 3.8) is 0 Å². The zero-order chi connectivity index (χ0) is 8.81. The SMILES string of the molecule is C=CO[PH](=O)OCC1CCCC1. The predicted molar refractivity (Wildman–Crippen MR) is 48.2 cm³/mol. The van der Waals surface area contributed by atoms with E-state index in [1.807, 2.05) is 0 Å². The number of rotatable bonds is 5.